The lowest BCUT2D eigenvalue weighted by molar-refractivity contribution is -0.122. The Balaban J connectivity index is 1.41. The number of carbonyl (C=O) groups is 1. The normalized spacial score (nSPS) is 17.6. The van der Waals surface area contributed by atoms with Gasteiger partial charge in [0.15, 0.2) is 0 Å². The van der Waals surface area contributed by atoms with E-state index >= 15 is 0 Å². The maximum absolute atomic E-state index is 13.0. The highest BCUT2D eigenvalue weighted by atomic mass is 19.1. The first-order valence-corrected chi connectivity index (χ1v) is 8.49. The number of benzene rings is 1. The van der Waals surface area contributed by atoms with Crippen LogP contribution in [-0.4, -0.2) is 46.8 Å². The minimum absolute atomic E-state index is 0.0290. The van der Waals surface area contributed by atoms with Gasteiger partial charge in [0.05, 0.1) is 19.3 Å². The SMILES string of the molecule is Cn1cc([C@@H]2CCCN2CC(=O)NCCOc2cccc(F)c2)cn1. The number of hydrogen-bond donors (Lipinski definition) is 1. The fourth-order valence-electron chi connectivity index (χ4n) is 3.16. The molecule has 1 aliphatic rings. The van der Waals surface area contributed by atoms with Crippen molar-refractivity contribution in [3.8, 4) is 5.75 Å². The zero-order valence-electron chi connectivity index (χ0n) is 14.3. The van der Waals surface area contributed by atoms with E-state index in [4.69, 9.17) is 4.74 Å². The average molecular weight is 346 g/mol. The molecule has 1 fully saturated rings. The van der Waals surface area contributed by atoms with Gasteiger partial charge in [-0.1, -0.05) is 6.07 Å². The summed E-state index contributed by atoms with van der Waals surface area (Å²) in [4.78, 5) is 14.3. The Morgan fingerprint density at radius 3 is 3.12 bits per heavy atom. The van der Waals surface area contributed by atoms with E-state index in [0.29, 0.717) is 25.4 Å². The molecule has 0 spiro atoms. The Labute approximate surface area is 146 Å². The summed E-state index contributed by atoms with van der Waals surface area (Å²) in [5, 5.41) is 7.07. The first-order chi connectivity index (χ1) is 12.1. The van der Waals surface area contributed by atoms with Crippen LogP contribution in [0, 0.1) is 5.82 Å². The van der Waals surface area contributed by atoms with Crippen LogP contribution in [0.25, 0.3) is 0 Å². The Morgan fingerprint density at radius 1 is 1.48 bits per heavy atom. The van der Waals surface area contributed by atoms with Gasteiger partial charge in [-0.05, 0) is 31.5 Å². The van der Waals surface area contributed by atoms with Crippen molar-refractivity contribution in [2.75, 3.05) is 26.2 Å². The zero-order chi connectivity index (χ0) is 17.6. The van der Waals surface area contributed by atoms with Crippen molar-refractivity contribution in [1.82, 2.24) is 20.0 Å². The number of halogens is 1. The molecule has 2 aromatic rings. The highest BCUT2D eigenvalue weighted by Crippen LogP contribution is 2.30. The van der Waals surface area contributed by atoms with Crippen LogP contribution in [0.1, 0.15) is 24.4 Å². The zero-order valence-corrected chi connectivity index (χ0v) is 14.3. The van der Waals surface area contributed by atoms with Gasteiger partial charge >= 0.3 is 0 Å². The fraction of sp³-hybridized carbons (Fsp3) is 0.444. The average Bonchev–Trinajstić information content (AvgIpc) is 3.20. The maximum Gasteiger partial charge on any atom is 0.234 e. The van der Waals surface area contributed by atoms with E-state index < -0.39 is 0 Å². The Kier molecular flexibility index (Phi) is 5.65. The van der Waals surface area contributed by atoms with Crippen molar-refractivity contribution < 1.29 is 13.9 Å². The summed E-state index contributed by atoms with van der Waals surface area (Å²) in [5.74, 6) is 0.0982. The summed E-state index contributed by atoms with van der Waals surface area (Å²) in [6, 6.07) is 6.22. The number of nitrogens with zero attached hydrogens (tertiary/aromatic N) is 3. The van der Waals surface area contributed by atoms with E-state index in [-0.39, 0.29) is 17.8 Å². The molecule has 1 aromatic carbocycles. The van der Waals surface area contributed by atoms with Gasteiger partial charge in [0, 0.05) is 30.9 Å². The molecule has 134 valence electrons. The molecule has 1 aromatic heterocycles. The van der Waals surface area contributed by atoms with E-state index in [9.17, 15) is 9.18 Å². The number of aryl methyl sites for hydroxylation is 1. The molecule has 0 aliphatic carbocycles. The standard InChI is InChI=1S/C18H23FN4O2/c1-22-12-14(11-21-22)17-6-3-8-23(17)13-18(24)20-7-9-25-16-5-2-4-15(19)10-16/h2,4-5,10-12,17H,3,6-9,13H2,1H3,(H,20,24)/t17-/m0/s1. The minimum atomic E-state index is -0.336. The number of amides is 1. The molecule has 0 bridgehead atoms. The van der Waals surface area contributed by atoms with E-state index in [0.717, 1.165) is 24.9 Å². The molecule has 1 atom stereocenters. The van der Waals surface area contributed by atoms with Gasteiger partial charge in [-0.15, -0.1) is 0 Å². The van der Waals surface area contributed by atoms with Crippen LogP contribution >= 0.6 is 0 Å². The number of aromatic nitrogens is 2. The van der Waals surface area contributed by atoms with E-state index in [1.165, 1.54) is 12.1 Å². The lowest BCUT2D eigenvalue weighted by Crippen LogP contribution is -2.38. The van der Waals surface area contributed by atoms with Crippen molar-refractivity contribution in [2.45, 2.75) is 18.9 Å². The Hall–Kier alpha value is -2.41. The fourth-order valence-corrected chi connectivity index (χ4v) is 3.16. The van der Waals surface area contributed by atoms with Gasteiger partial charge in [-0.2, -0.15) is 5.10 Å². The van der Waals surface area contributed by atoms with E-state index in [1.54, 1.807) is 16.8 Å². The van der Waals surface area contributed by atoms with Crippen molar-refractivity contribution in [1.29, 1.82) is 0 Å². The molecule has 1 amide bonds. The van der Waals surface area contributed by atoms with Crippen LogP contribution < -0.4 is 10.1 Å². The second-order valence-corrected chi connectivity index (χ2v) is 6.23. The topological polar surface area (TPSA) is 59.4 Å². The van der Waals surface area contributed by atoms with Crippen LogP contribution in [-0.2, 0) is 11.8 Å². The summed E-state index contributed by atoms with van der Waals surface area (Å²) in [5.41, 5.74) is 1.15. The molecule has 1 aliphatic heterocycles. The third-order valence-electron chi connectivity index (χ3n) is 4.31. The summed E-state index contributed by atoms with van der Waals surface area (Å²) in [6.07, 6.45) is 6.00. The van der Waals surface area contributed by atoms with E-state index in [2.05, 4.69) is 15.3 Å². The van der Waals surface area contributed by atoms with Crippen LogP contribution in [0.15, 0.2) is 36.7 Å². The number of carbonyl (C=O) groups excluding carboxylic acids is 1. The quantitative estimate of drug-likeness (QED) is 0.778. The smallest absolute Gasteiger partial charge is 0.234 e. The Bertz CT molecular complexity index is 719. The minimum Gasteiger partial charge on any atom is -0.492 e. The molecule has 2 heterocycles. The third kappa shape index (κ3) is 4.79. The Morgan fingerprint density at radius 2 is 2.36 bits per heavy atom. The summed E-state index contributed by atoms with van der Waals surface area (Å²) >= 11 is 0. The van der Waals surface area contributed by atoms with Gasteiger partial charge < -0.3 is 10.1 Å². The first-order valence-electron chi connectivity index (χ1n) is 8.49. The van der Waals surface area contributed by atoms with Crippen LogP contribution in [0.3, 0.4) is 0 Å². The molecule has 0 saturated carbocycles. The highest BCUT2D eigenvalue weighted by Gasteiger charge is 2.28. The number of hydrogen-bond acceptors (Lipinski definition) is 4. The molecule has 25 heavy (non-hydrogen) atoms. The van der Waals surface area contributed by atoms with E-state index in [1.807, 2.05) is 19.4 Å². The van der Waals surface area contributed by atoms with Gasteiger partial charge in [0.2, 0.25) is 5.91 Å². The molecule has 1 saturated heterocycles. The number of rotatable bonds is 7. The maximum atomic E-state index is 13.0. The number of likely N-dealkylation sites (tertiary alicyclic amines) is 1. The van der Waals surface area contributed by atoms with Crippen LogP contribution in [0.4, 0.5) is 4.39 Å². The monoisotopic (exact) mass is 346 g/mol. The number of ether oxygens (including phenoxy) is 1. The second-order valence-electron chi connectivity index (χ2n) is 6.23. The predicted octanol–water partition coefficient (Wildman–Crippen LogP) is 1.89. The second kappa shape index (κ2) is 8.11. The van der Waals surface area contributed by atoms with Crippen LogP contribution in [0.2, 0.25) is 0 Å². The predicted molar refractivity (Wildman–Crippen MR) is 91.7 cm³/mol. The first kappa shape index (κ1) is 17.4. The molecular formula is C18H23FN4O2. The third-order valence-corrected chi connectivity index (χ3v) is 4.31. The van der Waals surface area contributed by atoms with Crippen molar-refractivity contribution in [2.24, 2.45) is 7.05 Å². The molecule has 3 rings (SSSR count). The van der Waals surface area contributed by atoms with Gasteiger partial charge in [-0.25, -0.2) is 4.39 Å². The van der Waals surface area contributed by atoms with Gasteiger partial charge in [-0.3, -0.25) is 14.4 Å². The summed E-state index contributed by atoms with van der Waals surface area (Å²) in [6.45, 7) is 1.97. The molecule has 0 unspecified atom stereocenters. The van der Waals surface area contributed by atoms with Crippen LogP contribution in [0.5, 0.6) is 5.75 Å². The lowest BCUT2D eigenvalue weighted by Gasteiger charge is -2.22. The van der Waals surface area contributed by atoms with Crippen molar-refractivity contribution in [3.63, 3.8) is 0 Å². The lowest BCUT2D eigenvalue weighted by atomic mass is 10.1. The van der Waals surface area contributed by atoms with Crippen molar-refractivity contribution >= 4 is 5.91 Å². The molecular weight excluding hydrogens is 323 g/mol. The summed E-state index contributed by atoms with van der Waals surface area (Å²) in [7, 11) is 1.90. The van der Waals surface area contributed by atoms with Gasteiger partial charge in [0.25, 0.3) is 0 Å². The molecule has 1 N–H and O–H groups in total. The molecule has 6 nitrogen and oxygen atoms in total. The van der Waals surface area contributed by atoms with Crippen molar-refractivity contribution in [3.05, 3.63) is 48.0 Å². The van der Waals surface area contributed by atoms with Gasteiger partial charge in [0.1, 0.15) is 18.2 Å². The highest BCUT2D eigenvalue weighted by molar-refractivity contribution is 5.78. The summed E-state index contributed by atoms with van der Waals surface area (Å²) < 4.78 is 20.3. The largest absolute Gasteiger partial charge is 0.492 e. The molecule has 0 radical (unpaired) electrons. The number of nitrogens with one attached hydrogen (secondary N) is 1. The molecule has 7 heteroatoms.